The lowest BCUT2D eigenvalue weighted by atomic mass is 10.3. The van der Waals surface area contributed by atoms with E-state index in [0.29, 0.717) is 5.75 Å². The highest BCUT2D eigenvalue weighted by Crippen LogP contribution is 2.27. The van der Waals surface area contributed by atoms with Crippen LogP contribution in [-0.2, 0) is 10.2 Å². The number of benzene rings is 1. The Morgan fingerprint density at radius 1 is 1.50 bits per heavy atom. The SMILES string of the molecule is COc1ccc(O)c(NS(N)(=O)=O)c1. The Labute approximate surface area is 81.5 Å². The van der Waals surface area contributed by atoms with Gasteiger partial charge in [0.2, 0.25) is 0 Å². The first-order valence-corrected chi connectivity index (χ1v) is 5.14. The topological polar surface area (TPSA) is 102 Å². The number of methoxy groups -OCH3 is 1. The number of anilines is 1. The minimum Gasteiger partial charge on any atom is -0.506 e. The smallest absolute Gasteiger partial charge is 0.296 e. The van der Waals surface area contributed by atoms with Gasteiger partial charge in [0.15, 0.2) is 0 Å². The Morgan fingerprint density at radius 3 is 2.64 bits per heavy atom. The maximum absolute atomic E-state index is 10.7. The molecular weight excluding hydrogens is 208 g/mol. The van der Waals surface area contributed by atoms with Crippen molar-refractivity contribution in [3.05, 3.63) is 18.2 Å². The van der Waals surface area contributed by atoms with Crippen LogP contribution >= 0.6 is 0 Å². The van der Waals surface area contributed by atoms with Gasteiger partial charge in [0, 0.05) is 6.07 Å². The fourth-order valence-corrected chi connectivity index (χ4v) is 1.35. The highest BCUT2D eigenvalue weighted by atomic mass is 32.2. The maximum Gasteiger partial charge on any atom is 0.296 e. The Hall–Kier alpha value is -1.47. The molecule has 78 valence electrons. The number of aromatic hydroxyl groups is 1. The number of hydrogen-bond donors (Lipinski definition) is 3. The second-order valence-electron chi connectivity index (χ2n) is 2.53. The van der Waals surface area contributed by atoms with E-state index in [2.05, 4.69) is 0 Å². The predicted octanol–water partition coefficient (Wildman–Crippen LogP) is 0.0162. The van der Waals surface area contributed by atoms with Gasteiger partial charge in [-0.15, -0.1) is 0 Å². The van der Waals surface area contributed by atoms with Crippen LogP contribution in [-0.4, -0.2) is 20.6 Å². The lowest BCUT2D eigenvalue weighted by Gasteiger charge is -2.07. The number of nitrogens with two attached hydrogens (primary N) is 1. The van der Waals surface area contributed by atoms with Gasteiger partial charge in [0.1, 0.15) is 11.5 Å². The van der Waals surface area contributed by atoms with Crippen molar-refractivity contribution >= 4 is 15.9 Å². The van der Waals surface area contributed by atoms with Crippen molar-refractivity contribution in [3.8, 4) is 11.5 Å². The van der Waals surface area contributed by atoms with E-state index in [1.54, 1.807) is 0 Å². The zero-order valence-electron chi connectivity index (χ0n) is 7.39. The predicted molar refractivity (Wildman–Crippen MR) is 51.4 cm³/mol. The van der Waals surface area contributed by atoms with E-state index in [1.807, 2.05) is 4.72 Å². The fraction of sp³-hybridized carbons (Fsp3) is 0.143. The molecule has 4 N–H and O–H groups in total. The van der Waals surface area contributed by atoms with Gasteiger partial charge in [-0.3, -0.25) is 4.72 Å². The van der Waals surface area contributed by atoms with Crippen LogP contribution in [0.2, 0.25) is 0 Å². The summed E-state index contributed by atoms with van der Waals surface area (Å²) >= 11 is 0. The minimum atomic E-state index is -3.89. The molecule has 0 unspecified atom stereocenters. The first-order valence-electron chi connectivity index (χ1n) is 3.60. The number of hydrogen-bond acceptors (Lipinski definition) is 4. The van der Waals surface area contributed by atoms with Gasteiger partial charge in [-0.05, 0) is 12.1 Å². The van der Waals surface area contributed by atoms with Gasteiger partial charge in [-0.25, -0.2) is 5.14 Å². The summed E-state index contributed by atoms with van der Waals surface area (Å²) in [6, 6.07) is 4.11. The molecule has 0 saturated carbocycles. The van der Waals surface area contributed by atoms with E-state index < -0.39 is 10.2 Å². The van der Waals surface area contributed by atoms with E-state index in [1.165, 1.54) is 25.3 Å². The molecule has 7 heteroatoms. The van der Waals surface area contributed by atoms with Crippen molar-refractivity contribution < 1.29 is 18.3 Å². The van der Waals surface area contributed by atoms with Crippen LogP contribution in [0.5, 0.6) is 11.5 Å². The van der Waals surface area contributed by atoms with E-state index in [4.69, 9.17) is 9.88 Å². The number of phenols is 1. The van der Waals surface area contributed by atoms with E-state index >= 15 is 0 Å². The van der Waals surface area contributed by atoms with Gasteiger partial charge < -0.3 is 9.84 Å². The molecule has 0 amide bonds. The number of rotatable bonds is 3. The van der Waals surface area contributed by atoms with E-state index in [9.17, 15) is 13.5 Å². The van der Waals surface area contributed by atoms with Gasteiger partial charge in [-0.1, -0.05) is 0 Å². The second kappa shape index (κ2) is 3.72. The Kier molecular flexibility index (Phi) is 2.82. The summed E-state index contributed by atoms with van der Waals surface area (Å²) in [5.41, 5.74) is -0.0214. The van der Waals surface area contributed by atoms with Crippen LogP contribution in [0.25, 0.3) is 0 Å². The molecule has 0 aliphatic carbocycles. The van der Waals surface area contributed by atoms with Crippen molar-refractivity contribution in [1.82, 2.24) is 0 Å². The number of ether oxygens (including phenoxy) is 1. The van der Waals surface area contributed by atoms with Gasteiger partial charge in [0.25, 0.3) is 10.2 Å². The first-order chi connectivity index (χ1) is 6.42. The van der Waals surface area contributed by atoms with Crippen LogP contribution in [0.1, 0.15) is 0 Å². The molecule has 0 spiro atoms. The Bertz CT molecular complexity index is 429. The summed E-state index contributed by atoms with van der Waals surface area (Å²) < 4.78 is 28.1. The normalized spacial score (nSPS) is 11.0. The summed E-state index contributed by atoms with van der Waals surface area (Å²) in [6.45, 7) is 0. The highest BCUT2D eigenvalue weighted by Gasteiger charge is 2.08. The molecule has 0 aromatic heterocycles. The van der Waals surface area contributed by atoms with Crippen molar-refractivity contribution in [3.63, 3.8) is 0 Å². The molecule has 1 aromatic rings. The number of phenolic OH excluding ortho intramolecular Hbond substituents is 1. The third-order valence-electron chi connectivity index (χ3n) is 1.46. The minimum absolute atomic E-state index is 0.0214. The van der Waals surface area contributed by atoms with Crippen molar-refractivity contribution in [2.24, 2.45) is 5.14 Å². The largest absolute Gasteiger partial charge is 0.506 e. The molecule has 0 aliphatic heterocycles. The number of nitrogens with one attached hydrogen (secondary N) is 1. The summed E-state index contributed by atoms with van der Waals surface area (Å²) in [5, 5.41) is 14.0. The zero-order valence-corrected chi connectivity index (χ0v) is 8.21. The zero-order chi connectivity index (χ0) is 10.8. The molecule has 0 atom stereocenters. The van der Waals surface area contributed by atoms with Gasteiger partial charge in [-0.2, -0.15) is 8.42 Å². The molecule has 0 saturated heterocycles. The average Bonchev–Trinajstić information content (AvgIpc) is 2.06. The second-order valence-corrected chi connectivity index (χ2v) is 3.82. The lowest BCUT2D eigenvalue weighted by Crippen LogP contribution is -2.21. The van der Waals surface area contributed by atoms with E-state index in [0.717, 1.165) is 0 Å². The summed E-state index contributed by atoms with van der Waals surface area (Å²) in [7, 11) is -2.47. The molecule has 1 aromatic carbocycles. The highest BCUT2D eigenvalue weighted by molar-refractivity contribution is 7.90. The van der Waals surface area contributed by atoms with E-state index in [-0.39, 0.29) is 11.4 Å². The third-order valence-corrected chi connectivity index (χ3v) is 1.96. The molecule has 0 aliphatic rings. The molecule has 6 nitrogen and oxygen atoms in total. The Morgan fingerprint density at radius 2 is 2.14 bits per heavy atom. The first kappa shape index (κ1) is 10.6. The van der Waals surface area contributed by atoms with Crippen LogP contribution in [0.4, 0.5) is 5.69 Å². The monoisotopic (exact) mass is 218 g/mol. The third kappa shape index (κ3) is 2.79. The summed E-state index contributed by atoms with van der Waals surface area (Å²) in [6.07, 6.45) is 0. The van der Waals surface area contributed by atoms with Crippen LogP contribution in [0.3, 0.4) is 0 Å². The van der Waals surface area contributed by atoms with Crippen molar-refractivity contribution in [2.75, 3.05) is 11.8 Å². The molecule has 14 heavy (non-hydrogen) atoms. The average molecular weight is 218 g/mol. The van der Waals surface area contributed by atoms with Crippen molar-refractivity contribution in [1.29, 1.82) is 0 Å². The maximum atomic E-state index is 10.7. The molecule has 0 bridgehead atoms. The standard InChI is InChI=1S/C7H10N2O4S/c1-13-5-2-3-7(10)6(4-5)9-14(8,11)12/h2-4,9-10H,1H3,(H2,8,11,12). The quantitative estimate of drug-likeness (QED) is 0.622. The fourth-order valence-electron chi connectivity index (χ4n) is 0.877. The summed E-state index contributed by atoms with van der Waals surface area (Å²) in [4.78, 5) is 0. The molecular formula is C7H10N2O4S. The van der Waals surface area contributed by atoms with Crippen molar-refractivity contribution in [2.45, 2.75) is 0 Å². The van der Waals surface area contributed by atoms with Crippen LogP contribution in [0.15, 0.2) is 18.2 Å². The molecule has 0 fully saturated rings. The van der Waals surface area contributed by atoms with Crippen LogP contribution in [0, 0.1) is 0 Å². The Balaban J connectivity index is 3.07. The molecule has 0 radical (unpaired) electrons. The summed E-state index contributed by atoms with van der Waals surface area (Å²) in [5.74, 6) is 0.189. The lowest BCUT2D eigenvalue weighted by molar-refractivity contribution is 0.413. The molecule has 1 rings (SSSR count). The van der Waals surface area contributed by atoms with Gasteiger partial charge >= 0.3 is 0 Å². The van der Waals surface area contributed by atoms with Crippen LogP contribution < -0.4 is 14.6 Å². The van der Waals surface area contributed by atoms with Gasteiger partial charge in [0.05, 0.1) is 12.8 Å². The molecule has 0 heterocycles.